The number of ether oxygens (including phenoxy) is 1. The first kappa shape index (κ1) is 14.0. The van der Waals surface area contributed by atoms with E-state index < -0.39 is 0 Å². The zero-order chi connectivity index (χ0) is 12.7. The molecular weight excluding hydrogens is 210 g/mol. The van der Waals surface area contributed by atoms with Crippen LogP contribution in [0.2, 0.25) is 0 Å². The van der Waals surface area contributed by atoms with E-state index in [1.165, 1.54) is 18.4 Å². The fourth-order valence-electron chi connectivity index (χ4n) is 2.47. The molecule has 0 fully saturated rings. The van der Waals surface area contributed by atoms with Crippen molar-refractivity contribution in [2.24, 2.45) is 5.92 Å². The molecular formula is C15H25NO. The Bertz CT molecular complexity index is 320. The van der Waals surface area contributed by atoms with Gasteiger partial charge in [0, 0.05) is 6.04 Å². The lowest BCUT2D eigenvalue weighted by atomic mass is 9.89. The van der Waals surface area contributed by atoms with Crippen LogP contribution < -0.4 is 10.1 Å². The number of nitrogens with one attached hydrogen (secondary N) is 1. The van der Waals surface area contributed by atoms with Crippen molar-refractivity contribution >= 4 is 0 Å². The van der Waals surface area contributed by atoms with Crippen LogP contribution in [-0.2, 0) is 6.42 Å². The summed E-state index contributed by atoms with van der Waals surface area (Å²) >= 11 is 0. The Balaban J connectivity index is 2.79. The summed E-state index contributed by atoms with van der Waals surface area (Å²) in [6.07, 6.45) is 3.47. The van der Waals surface area contributed by atoms with Crippen LogP contribution >= 0.6 is 0 Å². The van der Waals surface area contributed by atoms with Gasteiger partial charge in [0.25, 0.3) is 0 Å². The van der Waals surface area contributed by atoms with Crippen LogP contribution in [-0.4, -0.2) is 20.2 Å². The predicted molar refractivity (Wildman–Crippen MR) is 73.6 cm³/mol. The normalized spacial score (nSPS) is 12.8. The SMILES string of the molecule is CCC(CC)C(Cc1ccccc1OC)NC. The molecule has 17 heavy (non-hydrogen) atoms. The van der Waals surface area contributed by atoms with Crippen molar-refractivity contribution in [3.05, 3.63) is 29.8 Å². The number of rotatable bonds is 7. The fourth-order valence-corrected chi connectivity index (χ4v) is 2.47. The number of benzene rings is 1. The summed E-state index contributed by atoms with van der Waals surface area (Å²) in [6.45, 7) is 4.53. The highest BCUT2D eigenvalue weighted by Crippen LogP contribution is 2.23. The molecule has 0 radical (unpaired) electrons. The van der Waals surface area contributed by atoms with Crippen LogP contribution in [0.4, 0.5) is 0 Å². The van der Waals surface area contributed by atoms with Crippen molar-refractivity contribution in [3.63, 3.8) is 0 Å². The summed E-state index contributed by atoms with van der Waals surface area (Å²) in [6, 6.07) is 8.83. The topological polar surface area (TPSA) is 21.3 Å². The Morgan fingerprint density at radius 3 is 2.35 bits per heavy atom. The average Bonchev–Trinajstić information content (AvgIpc) is 2.39. The summed E-state index contributed by atoms with van der Waals surface area (Å²) in [5.41, 5.74) is 1.29. The molecule has 0 aliphatic carbocycles. The van der Waals surface area contributed by atoms with Crippen molar-refractivity contribution < 1.29 is 4.74 Å². The molecule has 0 bridgehead atoms. The number of hydrogen-bond donors (Lipinski definition) is 1. The smallest absolute Gasteiger partial charge is 0.122 e. The van der Waals surface area contributed by atoms with E-state index in [0.717, 1.165) is 18.1 Å². The first-order chi connectivity index (χ1) is 8.26. The number of para-hydroxylation sites is 1. The molecule has 1 aromatic carbocycles. The molecule has 1 atom stereocenters. The standard InChI is InChI=1S/C15H25NO/c1-5-12(6-2)14(16-3)11-13-9-7-8-10-15(13)17-4/h7-10,12,14,16H,5-6,11H2,1-4H3. The van der Waals surface area contributed by atoms with E-state index >= 15 is 0 Å². The lowest BCUT2D eigenvalue weighted by Gasteiger charge is -2.25. The van der Waals surface area contributed by atoms with Gasteiger partial charge in [0.2, 0.25) is 0 Å². The van der Waals surface area contributed by atoms with Gasteiger partial charge in [-0.25, -0.2) is 0 Å². The molecule has 96 valence electrons. The first-order valence-corrected chi connectivity index (χ1v) is 6.55. The Morgan fingerprint density at radius 1 is 1.18 bits per heavy atom. The molecule has 1 N–H and O–H groups in total. The second kappa shape index (κ2) is 7.33. The van der Waals surface area contributed by atoms with Crippen molar-refractivity contribution in [1.29, 1.82) is 0 Å². The van der Waals surface area contributed by atoms with Crippen molar-refractivity contribution in [1.82, 2.24) is 5.32 Å². The lowest BCUT2D eigenvalue weighted by molar-refractivity contribution is 0.342. The van der Waals surface area contributed by atoms with E-state index in [0.29, 0.717) is 6.04 Å². The fraction of sp³-hybridized carbons (Fsp3) is 0.600. The molecule has 0 aromatic heterocycles. The highest BCUT2D eigenvalue weighted by atomic mass is 16.5. The summed E-state index contributed by atoms with van der Waals surface area (Å²) in [5, 5.41) is 3.45. The van der Waals surface area contributed by atoms with Gasteiger partial charge >= 0.3 is 0 Å². The first-order valence-electron chi connectivity index (χ1n) is 6.55. The minimum atomic E-state index is 0.529. The third-order valence-electron chi connectivity index (χ3n) is 3.62. The monoisotopic (exact) mass is 235 g/mol. The molecule has 2 heteroatoms. The molecule has 0 aliphatic heterocycles. The molecule has 0 aliphatic rings. The zero-order valence-corrected chi connectivity index (χ0v) is 11.5. The van der Waals surface area contributed by atoms with Crippen LogP contribution in [0.25, 0.3) is 0 Å². The molecule has 1 aromatic rings. The second-order valence-electron chi connectivity index (χ2n) is 4.49. The van der Waals surface area contributed by atoms with Crippen LogP contribution in [0, 0.1) is 5.92 Å². The van der Waals surface area contributed by atoms with Gasteiger partial charge in [-0.3, -0.25) is 0 Å². The van der Waals surface area contributed by atoms with Gasteiger partial charge in [-0.05, 0) is 31.0 Å². The second-order valence-corrected chi connectivity index (χ2v) is 4.49. The number of methoxy groups -OCH3 is 1. The maximum absolute atomic E-state index is 5.41. The minimum absolute atomic E-state index is 0.529. The molecule has 0 saturated heterocycles. The summed E-state index contributed by atoms with van der Waals surface area (Å²) < 4.78 is 5.41. The zero-order valence-electron chi connectivity index (χ0n) is 11.5. The number of likely N-dealkylation sites (N-methyl/N-ethyl adjacent to an activating group) is 1. The van der Waals surface area contributed by atoms with Crippen molar-refractivity contribution in [2.45, 2.75) is 39.2 Å². The van der Waals surface area contributed by atoms with Crippen molar-refractivity contribution in [2.75, 3.05) is 14.2 Å². The van der Waals surface area contributed by atoms with Crippen molar-refractivity contribution in [3.8, 4) is 5.75 Å². The van der Waals surface area contributed by atoms with Crippen LogP contribution in [0.5, 0.6) is 5.75 Å². The van der Waals surface area contributed by atoms with Gasteiger partial charge in [-0.1, -0.05) is 44.9 Å². The Morgan fingerprint density at radius 2 is 1.82 bits per heavy atom. The van der Waals surface area contributed by atoms with E-state index in [1.807, 2.05) is 12.1 Å². The summed E-state index contributed by atoms with van der Waals surface area (Å²) in [4.78, 5) is 0. The summed E-state index contributed by atoms with van der Waals surface area (Å²) in [5.74, 6) is 1.73. The Kier molecular flexibility index (Phi) is 6.06. The summed E-state index contributed by atoms with van der Waals surface area (Å²) in [7, 11) is 3.79. The number of hydrogen-bond acceptors (Lipinski definition) is 2. The Labute approximate surface area is 105 Å². The minimum Gasteiger partial charge on any atom is -0.496 e. The van der Waals surface area contributed by atoms with Crippen LogP contribution in [0.3, 0.4) is 0 Å². The highest BCUT2D eigenvalue weighted by molar-refractivity contribution is 5.33. The van der Waals surface area contributed by atoms with Gasteiger partial charge in [0.15, 0.2) is 0 Å². The van der Waals surface area contributed by atoms with Crippen LogP contribution in [0.15, 0.2) is 24.3 Å². The van der Waals surface area contributed by atoms with E-state index in [4.69, 9.17) is 4.74 Å². The molecule has 0 heterocycles. The van der Waals surface area contributed by atoms with E-state index in [2.05, 4.69) is 38.3 Å². The molecule has 0 saturated carbocycles. The van der Waals surface area contributed by atoms with Gasteiger partial charge in [-0.15, -0.1) is 0 Å². The van der Waals surface area contributed by atoms with Gasteiger partial charge in [-0.2, -0.15) is 0 Å². The van der Waals surface area contributed by atoms with Gasteiger partial charge < -0.3 is 10.1 Å². The predicted octanol–water partition coefficient (Wildman–Crippen LogP) is 3.26. The third kappa shape index (κ3) is 3.74. The van der Waals surface area contributed by atoms with E-state index in [9.17, 15) is 0 Å². The van der Waals surface area contributed by atoms with E-state index in [1.54, 1.807) is 7.11 Å². The average molecular weight is 235 g/mol. The lowest BCUT2D eigenvalue weighted by Crippen LogP contribution is -2.35. The molecule has 1 rings (SSSR count). The highest BCUT2D eigenvalue weighted by Gasteiger charge is 2.18. The van der Waals surface area contributed by atoms with Gasteiger partial charge in [0.05, 0.1) is 7.11 Å². The molecule has 2 nitrogen and oxygen atoms in total. The molecule has 1 unspecified atom stereocenters. The quantitative estimate of drug-likeness (QED) is 0.783. The largest absolute Gasteiger partial charge is 0.496 e. The Hall–Kier alpha value is -1.02. The van der Waals surface area contributed by atoms with Crippen LogP contribution in [0.1, 0.15) is 32.3 Å². The van der Waals surface area contributed by atoms with Gasteiger partial charge in [0.1, 0.15) is 5.75 Å². The third-order valence-corrected chi connectivity index (χ3v) is 3.62. The molecule has 0 spiro atoms. The maximum atomic E-state index is 5.41. The van der Waals surface area contributed by atoms with E-state index in [-0.39, 0.29) is 0 Å². The maximum Gasteiger partial charge on any atom is 0.122 e. The molecule has 0 amide bonds.